The molecule has 126 valence electrons. The highest BCUT2D eigenvalue weighted by molar-refractivity contribution is 5.87. The van der Waals surface area contributed by atoms with E-state index in [0.717, 1.165) is 31.8 Å². The Bertz CT molecular complexity index is 803. The Morgan fingerprint density at radius 3 is 2.58 bits per heavy atom. The molecule has 1 N–H and O–H groups in total. The van der Waals surface area contributed by atoms with Gasteiger partial charge in [-0.25, -0.2) is 0 Å². The number of aromatic nitrogens is 1. The van der Waals surface area contributed by atoms with Crippen molar-refractivity contribution >= 4 is 10.9 Å². The van der Waals surface area contributed by atoms with Crippen LogP contribution in [0.5, 0.6) is 5.75 Å². The number of benzene rings is 2. The zero-order chi connectivity index (χ0) is 16.9. The topological polar surface area (TPSA) is 26.2 Å². The molecule has 0 saturated heterocycles. The molecule has 24 heavy (non-hydrogen) atoms. The van der Waals surface area contributed by atoms with Gasteiger partial charge in [-0.05, 0) is 61.3 Å². The van der Waals surface area contributed by atoms with Crippen molar-refractivity contribution in [1.29, 1.82) is 0 Å². The molecule has 0 amide bonds. The molecule has 0 fully saturated rings. The maximum atomic E-state index is 5.25. The first kappa shape index (κ1) is 16.6. The van der Waals surface area contributed by atoms with Gasteiger partial charge in [0, 0.05) is 23.6 Å². The summed E-state index contributed by atoms with van der Waals surface area (Å²) in [7, 11) is 1.70. The fourth-order valence-corrected chi connectivity index (χ4v) is 3.28. The fraction of sp³-hybridized carbons (Fsp3) is 0.333. The maximum Gasteiger partial charge on any atom is 0.118 e. The van der Waals surface area contributed by atoms with E-state index in [2.05, 4.69) is 60.3 Å². The number of ether oxygens (including phenoxy) is 1. The summed E-state index contributed by atoms with van der Waals surface area (Å²) in [6.45, 7) is 7.27. The molecule has 3 aromatic rings. The van der Waals surface area contributed by atoms with Gasteiger partial charge in [0.2, 0.25) is 0 Å². The van der Waals surface area contributed by atoms with Gasteiger partial charge in [0.05, 0.1) is 7.11 Å². The number of hydrogen-bond donors (Lipinski definition) is 1. The predicted octanol–water partition coefficient (Wildman–Crippen LogP) is 4.16. The summed E-state index contributed by atoms with van der Waals surface area (Å²) < 4.78 is 7.62. The van der Waals surface area contributed by atoms with Crippen LogP contribution >= 0.6 is 0 Å². The van der Waals surface area contributed by atoms with Crippen LogP contribution in [0.2, 0.25) is 0 Å². The van der Waals surface area contributed by atoms with Crippen LogP contribution in [-0.4, -0.2) is 24.8 Å². The van der Waals surface area contributed by atoms with Gasteiger partial charge in [-0.15, -0.1) is 0 Å². The van der Waals surface area contributed by atoms with Crippen LogP contribution in [0.25, 0.3) is 10.9 Å². The van der Waals surface area contributed by atoms with Gasteiger partial charge in [-0.2, -0.15) is 0 Å². The monoisotopic (exact) mass is 322 g/mol. The second-order valence-electron chi connectivity index (χ2n) is 6.20. The van der Waals surface area contributed by atoms with Crippen molar-refractivity contribution < 1.29 is 4.74 Å². The van der Waals surface area contributed by atoms with E-state index in [0.29, 0.717) is 0 Å². The van der Waals surface area contributed by atoms with Crippen LogP contribution in [0.15, 0.2) is 48.7 Å². The molecule has 3 rings (SSSR count). The van der Waals surface area contributed by atoms with Gasteiger partial charge in [0.15, 0.2) is 0 Å². The normalized spacial score (nSPS) is 11.1. The molecule has 0 atom stereocenters. The van der Waals surface area contributed by atoms with Gasteiger partial charge in [0.1, 0.15) is 5.75 Å². The van der Waals surface area contributed by atoms with Gasteiger partial charge < -0.3 is 14.6 Å². The van der Waals surface area contributed by atoms with E-state index in [-0.39, 0.29) is 0 Å². The third-order valence-corrected chi connectivity index (χ3v) is 4.53. The molecule has 1 heterocycles. The first-order valence-corrected chi connectivity index (χ1v) is 8.64. The standard InChI is InChI=1S/C21H26N2O/c1-4-22-13-12-18-15-23(20-7-5-6-16(2)21(18)20)14-17-8-10-19(24-3)11-9-17/h5-11,15,22H,4,12-14H2,1-3H3. The van der Waals surface area contributed by atoms with Crippen molar-refractivity contribution in [2.45, 2.75) is 26.8 Å². The summed E-state index contributed by atoms with van der Waals surface area (Å²) >= 11 is 0. The van der Waals surface area contributed by atoms with Crippen molar-refractivity contribution in [2.24, 2.45) is 0 Å². The molecular formula is C21H26N2O. The van der Waals surface area contributed by atoms with Crippen LogP contribution < -0.4 is 10.1 Å². The highest BCUT2D eigenvalue weighted by Crippen LogP contribution is 2.26. The number of rotatable bonds is 7. The van der Waals surface area contributed by atoms with Crippen LogP contribution in [0.4, 0.5) is 0 Å². The van der Waals surface area contributed by atoms with Crippen LogP contribution in [0.3, 0.4) is 0 Å². The predicted molar refractivity (Wildman–Crippen MR) is 101 cm³/mol. The van der Waals surface area contributed by atoms with Crippen molar-refractivity contribution in [3.8, 4) is 5.75 Å². The van der Waals surface area contributed by atoms with Crippen molar-refractivity contribution in [3.05, 3.63) is 65.4 Å². The van der Waals surface area contributed by atoms with Crippen molar-refractivity contribution in [2.75, 3.05) is 20.2 Å². The zero-order valence-electron chi connectivity index (χ0n) is 14.8. The molecule has 0 saturated carbocycles. The van der Waals surface area contributed by atoms with Crippen LogP contribution in [-0.2, 0) is 13.0 Å². The Kier molecular flexibility index (Phi) is 5.21. The summed E-state index contributed by atoms with van der Waals surface area (Å²) in [4.78, 5) is 0. The number of hydrogen-bond acceptors (Lipinski definition) is 2. The molecule has 3 heteroatoms. The van der Waals surface area contributed by atoms with Gasteiger partial charge in [0.25, 0.3) is 0 Å². The number of methoxy groups -OCH3 is 1. The molecule has 0 aliphatic rings. The molecular weight excluding hydrogens is 296 g/mol. The second kappa shape index (κ2) is 7.54. The van der Waals surface area contributed by atoms with E-state index >= 15 is 0 Å². The summed E-state index contributed by atoms with van der Waals surface area (Å²) in [6, 6.07) is 14.9. The lowest BCUT2D eigenvalue weighted by atomic mass is 10.1. The molecule has 3 nitrogen and oxygen atoms in total. The quantitative estimate of drug-likeness (QED) is 0.661. The van der Waals surface area contributed by atoms with Crippen molar-refractivity contribution in [3.63, 3.8) is 0 Å². The van der Waals surface area contributed by atoms with Crippen molar-refractivity contribution in [1.82, 2.24) is 9.88 Å². The fourth-order valence-electron chi connectivity index (χ4n) is 3.28. The summed E-state index contributed by atoms with van der Waals surface area (Å²) in [5.74, 6) is 0.901. The molecule has 2 aromatic carbocycles. The average Bonchev–Trinajstić information content (AvgIpc) is 2.95. The Hall–Kier alpha value is -2.26. The zero-order valence-corrected chi connectivity index (χ0v) is 14.8. The Balaban J connectivity index is 1.93. The second-order valence-corrected chi connectivity index (χ2v) is 6.20. The Morgan fingerprint density at radius 2 is 1.88 bits per heavy atom. The minimum Gasteiger partial charge on any atom is -0.497 e. The van der Waals surface area contributed by atoms with E-state index < -0.39 is 0 Å². The SMILES string of the molecule is CCNCCc1cn(Cc2ccc(OC)cc2)c2cccc(C)c12. The van der Waals surface area contributed by atoms with E-state index in [1.54, 1.807) is 7.11 Å². The van der Waals surface area contributed by atoms with E-state index in [1.807, 2.05) is 12.1 Å². The average molecular weight is 322 g/mol. The van der Waals surface area contributed by atoms with Gasteiger partial charge in [-0.1, -0.05) is 31.2 Å². The first-order valence-electron chi connectivity index (χ1n) is 8.64. The number of likely N-dealkylation sites (N-methyl/N-ethyl adjacent to an activating group) is 1. The molecule has 0 aliphatic heterocycles. The smallest absolute Gasteiger partial charge is 0.118 e. The van der Waals surface area contributed by atoms with Crippen LogP contribution in [0.1, 0.15) is 23.6 Å². The Labute approximate surface area is 144 Å². The number of aryl methyl sites for hydroxylation is 1. The number of fused-ring (bicyclic) bond motifs is 1. The highest BCUT2D eigenvalue weighted by atomic mass is 16.5. The minimum absolute atomic E-state index is 0.880. The molecule has 0 bridgehead atoms. The third-order valence-electron chi connectivity index (χ3n) is 4.53. The number of nitrogens with zero attached hydrogens (tertiary/aromatic N) is 1. The lowest BCUT2D eigenvalue weighted by molar-refractivity contribution is 0.414. The summed E-state index contributed by atoms with van der Waals surface area (Å²) in [5.41, 5.74) is 5.38. The minimum atomic E-state index is 0.880. The molecule has 0 radical (unpaired) electrons. The number of nitrogens with one attached hydrogen (secondary N) is 1. The molecule has 0 unspecified atom stereocenters. The molecule has 1 aromatic heterocycles. The maximum absolute atomic E-state index is 5.25. The lowest BCUT2D eigenvalue weighted by Crippen LogP contribution is -2.15. The summed E-state index contributed by atoms with van der Waals surface area (Å²) in [5, 5.41) is 4.84. The largest absolute Gasteiger partial charge is 0.497 e. The van der Waals surface area contributed by atoms with E-state index in [9.17, 15) is 0 Å². The molecule has 0 aliphatic carbocycles. The van der Waals surface area contributed by atoms with Gasteiger partial charge in [-0.3, -0.25) is 0 Å². The van der Waals surface area contributed by atoms with E-state index in [4.69, 9.17) is 4.74 Å². The van der Waals surface area contributed by atoms with Gasteiger partial charge >= 0.3 is 0 Å². The lowest BCUT2D eigenvalue weighted by Gasteiger charge is -2.07. The molecule has 0 spiro atoms. The van der Waals surface area contributed by atoms with E-state index in [1.165, 1.54) is 27.6 Å². The first-order chi connectivity index (χ1) is 11.7. The third kappa shape index (κ3) is 3.46. The summed E-state index contributed by atoms with van der Waals surface area (Å²) in [6.07, 6.45) is 3.38. The Morgan fingerprint density at radius 1 is 1.08 bits per heavy atom. The van der Waals surface area contributed by atoms with Crippen LogP contribution in [0, 0.1) is 6.92 Å². The highest BCUT2D eigenvalue weighted by Gasteiger charge is 2.10.